The molecule has 2 atom stereocenters. The fraction of sp³-hybridized carbons (Fsp3) is 0.667. The molecule has 0 bridgehead atoms. The van der Waals surface area contributed by atoms with Crippen LogP contribution in [0.25, 0.3) is 0 Å². The summed E-state index contributed by atoms with van der Waals surface area (Å²) in [4.78, 5) is 2.15. The van der Waals surface area contributed by atoms with Crippen molar-refractivity contribution in [1.82, 2.24) is 4.90 Å². The summed E-state index contributed by atoms with van der Waals surface area (Å²) in [5.41, 5.74) is 0.249. The van der Waals surface area contributed by atoms with Gasteiger partial charge in [0.25, 0.3) is 0 Å². The second kappa shape index (κ2) is 7.26. The first kappa shape index (κ1) is 16.8. The molecule has 0 radical (unpaired) electrons. The van der Waals surface area contributed by atoms with E-state index in [0.717, 1.165) is 18.5 Å². The first-order valence-corrected chi connectivity index (χ1v) is 8.49. The van der Waals surface area contributed by atoms with Crippen LogP contribution in [0.3, 0.4) is 0 Å². The van der Waals surface area contributed by atoms with Gasteiger partial charge < -0.3 is 14.9 Å². The van der Waals surface area contributed by atoms with Crippen molar-refractivity contribution in [2.75, 3.05) is 32.8 Å². The number of piperidine rings is 1. The summed E-state index contributed by atoms with van der Waals surface area (Å²) < 4.78 is 18.6. The van der Waals surface area contributed by atoms with Crippen molar-refractivity contribution in [3.05, 3.63) is 35.6 Å². The molecule has 0 amide bonds. The quantitative estimate of drug-likeness (QED) is 0.884. The van der Waals surface area contributed by atoms with E-state index < -0.39 is 11.7 Å². The molecular weight excluding hydrogens is 297 g/mol. The van der Waals surface area contributed by atoms with E-state index in [4.69, 9.17) is 4.74 Å². The number of rotatable bonds is 4. The average molecular weight is 323 g/mol. The topological polar surface area (TPSA) is 52.9 Å². The third-order valence-electron chi connectivity index (χ3n) is 5.13. The molecule has 2 aliphatic rings. The van der Waals surface area contributed by atoms with E-state index in [9.17, 15) is 14.6 Å². The number of hydrogen-bond donors (Lipinski definition) is 2. The number of nitrogens with zero attached hydrogens (tertiary/aromatic N) is 1. The summed E-state index contributed by atoms with van der Waals surface area (Å²) in [6.07, 6.45) is 2.45. The molecule has 2 heterocycles. The molecule has 2 saturated heterocycles. The Bertz CT molecular complexity index is 519. The number of benzene rings is 1. The summed E-state index contributed by atoms with van der Waals surface area (Å²) >= 11 is 0. The minimum Gasteiger partial charge on any atom is -0.391 e. The van der Waals surface area contributed by atoms with E-state index in [2.05, 4.69) is 4.90 Å². The van der Waals surface area contributed by atoms with Crippen LogP contribution in [0.15, 0.2) is 24.3 Å². The smallest absolute Gasteiger partial charge is 0.123 e. The zero-order valence-corrected chi connectivity index (χ0v) is 13.5. The maximum atomic E-state index is 13.3. The first-order chi connectivity index (χ1) is 11.0. The zero-order valence-electron chi connectivity index (χ0n) is 13.5. The monoisotopic (exact) mass is 323 g/mol. The third kappa shape index (κ3) is 4.51. The minimum atomic E-state index is -0.687. The van der Waals surface area contributed by atoms with Crippen LogP contribution in [-0.2, 0) is 11.2 Å². The fourth-order valence-electron chi connectivity index (χ4n) is 3.72. The molecule has 0 unspecified atom stereocenters. The lowest BCUT2D eigenvalue weighted by molar-refractivity contribution is -0.0919. The molecule has 4 nitrogen and oxygen atoms in total. The molecule has 0 aliphatic carbocycles. The van der Waals surface area contributed by atoms with Gasteiger partial charge in [-0.15, -0.1) is 0 Å². The molecule has 0 spiro atoms. The van der Waals surface area contributed by atoms with Crippen molar-refractivity contribution in [2.24, 2.45) is 5.92 Å². The van der Waals surface area contributed by atoms with Crippen LogP contribution in [-0.4, -0.2) is 59.7 Å². The van der Waals surface area contributed by atoms with Gasteiger partial charge in [0.05, 0.1) is 11.7 Å². The Labute approximate surface area is 136 Å². The Hall–Kier alpha value is -1.01. The van der Waals surface area contributed by atoms with E-state index in [1.807, 2.05) is 6.07 Å². The van der Waals surface area contributed by atoms with Gasteiger partial charge in [-0.3, -0.25) is 4.90 Å². The highest BCUT2D eigenvalue weighted by atomic mass is 19.1. The van der Waals surface area contributed by atoms with Crippen LogP contribution in [0, 0.1) is 11.7 Å². The summed E-state index contributed by atoms with van der Waals surface area (Å²) in [6, 6.07) is 6.61. The van der Waals surface area contributed by atoms with Gasteiger partial charge in [0, 0.05) is 39.1 Å². The van der Waals surface area contributed by atoms with Crippen LogP contribution < -0.4 is 0 Å². The predicted molar refractivity (Wildman–Crippen MR) is 85.7 cm³/mol. The van der Waals surface area contributed by atoms with Crippen LogP contribution in [0.1, 0.15) is 24.8 Å². The van der Waals surface area contributed by atoms with Crippen LogP contribution in [0.5, 0.6) is 0 Å². The van der Waals surface area contributed by atoms with Gasteiger partial charge in [0.2, 0.25) is 0 Å². The van der Waals surface area contributed by atoms with Gasteiger partial charge in [-0.25, -0.2) is 4.39 Å². The third-order valence-corrected chi connectivity index (χ3v) is 5.13. The average Bonchev–Trinajstić information content (AvgIpc) is 2.50. The lowest BCUT2D eigenvalue weighted by atomic mass is 9.86. The van der Waals surface area contributed by atoms with Crippen molar-refractivity contribution in [2.45, 2.75) is 37.4 Å². The van der Waals surface area contributed by atoms with E-state index in [0.29, 0.717) is 45.6 Å². The van der Waals surface area contributed by atoms with Crippen molar-refractivity contribution in [3.63, 3.8) is 0 Å². The highest BCUT2D eigenvalue weighted by molar-refractivity contribution is 5.17. The SMILES string of the molecule is O[C@H]1CN(CC2(O)CCOCC2)CC[C@@H]1Cc1cccc(F)c1. The molecule has 1 aromatic carbocycles. The molecular formula is C18H26FNO3. The van der Waals surface area contributed by atoms with E-state index in [-0.39, 0.29) is 11.7 Å². The summed E-state index contributed by atoms with van der Waals surface area (Å²) in [5, 5.41) is 21.0. The summed E-state index contributed by atoms with van der Waals surface area (Å²) in [7, 11) is 0. The molecule has 23 heavy (non-hydrogen) atoms. The number of likely N-dealkylation sites (tertiary alicyclic amines) is 1. The van der Waals surface area contributed by atoms with Gasteiger partial charge >= 0.3 is 0 Å². The molecule has 1 aromatic rings. The van der Waals surface area contributed by atoms with Crippen molar-refractivity contribution in [3.8, 4) is 0 Å². The number of aliphatic hydroxyl groups excluding tert-OH is 1. The normalized spacial score (nSPS) is 28.7. The standard InChI is InChI=1S/C18H26FNO3/c19-16-3-1-2-14(11-16)10-15-4-7-20(12-17(15)21)13-18(22)5-8-23-9-6-18/h1-3,11,15,17,21-22H,4-10,12-13H2/t15-,17+/m1/s1. The van der Waals surface area contributed by atoms with E-state index >= 15 is 0 Å². The Morgan fingerprint density at radius 3 is 2.78 bits per heavy atom. The number of β-amino-alcohol motifs (C(OH)–C–C–N with tert-alkyl or cyclic N) is 2. The molecule has 5 heteroatoms. The maximum Gasteiger partial charge on any atom is 0.123 e. The Balaban J connectivity index is 1.53. The van der Waals surface area contributed by atoms with Crippen molar-refractivity contribution in [1.29, 1.82) is 0 Å². The Morgan fingerprint density at radius 1 is 1.30 bits per heavy atom. The molecule has 3 rings (SSSR count). The van der Waals surface area contributed by atoms with Gasteiger partial charge in [0.15, 0.2) is 0 Å². The fourth-order valence-corrected chi connectivity index (χ4v) is 3.72. The minimum absolute atomic E-state index is 0.150. The van der Waals surface area contributed by atoms with Gasteiger partial charge in [0.1, 0.15) is 5.82 Å². The highest BCUT2D eigenvalue weighted by Gasteiger charge is 2.35. The van der Waals surface area contributed by atoms with Gasteiger partial charge in [-0.2, -0.15) is 0 Å². The maximum absolute atomic E-state index is 13.3. The van der Waals surface area contributed by atoms with Crippen molar-refractivity contribution < 1.29 is 19.3 Å². The number of aliphatic hydroxyl groups is 2. The second-order valence-corrected chi connectivity index (χ2v) is 7.02. The summed E-state index contributed by atoms with van der Waals surface area (Å²) in [5.74, 6) is -0.0754. The second-order valence-electron chi connectivity index (χ2n) is 7.02. The van der Waals surface area contributed by atoms with Crippen LogP contribution in [0.4, 0.5) is 4.39 Å². The predicted octanol–water partition coefficient (Wildman–Crippen LogP) is 1.59. The number of ether oxygens (including phenoxy) is 1. The zero-order chi connectivity index (χ0) is 16.3. The van der Waals surface area contributed by atoms with Crippen LogP contribution >= 0.6 is 0 Å². The van der Waals surface area contributed by atoms with E-state index in [1.54, 1.807) is 12.1 Å². The molecule has 0 saturated carbocycles. The molecule has 2 aliphatic heterocycles. The van der Waals surface area contributed by atoms with E-state index in [1.165, 1.54) is 6.07 Å². The lowest BCUT2D eigenvalue weighted by Gasteiger charge is -2.41. The Morgan fingerprint density at radius 2 is 2.09 bits per heavy atom. The number of hydrogen-bond acceptors (Lipinski definition) is 4. The van der Waals surface area contributed by atoms with Crippen LogP contribution in [0.2, 0.25) is 0 Å². The van der Waals surface area contributed by atoms with Crippen molar-refractivity contribution >= 4 is 0 Å². The molecule has 0 aromatic heterocycles. The Kier molecular flexibility index (Phi) is 5.31. The summed E-state index contributed by atoms with van der Waals surface area (Å²) in [6.45, 7) is 3.24. The van der Waals surface area contributed by atoms with Gasteiger partial charge in [-0.05, 0) is 43.0 Å². The molecule has 2 N–H and O–H groups in total. The lowest BCUT2D eigenvalue weighted by Crippen LogP contribution is -2.52. The van der Waals surface area contributed by atoms with Gasteiger partial charge in [-0.1, -0.05) is 12.1 Å². The highest BCUT2D eigenvalue weighted by Crippen LogP contribution is 2.27. The first-order valence-electron chi connectivity index (χ1n) is 8.49. The molecule has 2 fully saturated rings. The number of halogens is 1. The largest absolute Gasteiger partial charge is 0.391 e. The molecule has 128 valence electrons.